The molecule has 0 aliphatic heterocycles. The van der Waals surface area contributed by atoms with Gasteiger partial charge in [-0.15, -0.1) is 11.3 Å². The average molecular weight is 330 g/mol. The molecule has 3 nitrogen and oxygen atoms in total. The Labute approximate surface area is 117 Å². The molecular weight excluding hydrogens is 318 g/mol. The SMILES string of the molecule is Cc1cc(C)nc(SCc2nc(C)sc2Br)n1. The molecule has 0 aromatic carbocycles. The number of rotatable bonds is 3. The van der Waals surface area contributed by atoms with Crippen LogP contribution < -0.4 is 0 Å². The van der Waals surface area contributed by atoms with E-state index in [-0.39, 0.29) is 0 Å². The molecular formula is C11H12BrN3S2. The fourth-order valence-corrected chi connectivity index (χ4v) is 4.18. The summed E-state index contributed by atoms with van der Waals surface area (Å²) < 4.78 is 1.10. The second-order valence-corrected chi connectivity index (χ2v) is 7.14. The monoisotopic (exact) mass is 329 g/mol. The van der Waals surface area contributed by atoms with Gasteiger partial charge in [0.2, 0.25) is 0 Å². The first-order chi connectivity index (χ1) is 8.04. The van der Waals surface area contributed by atoms with Crippen molar-refractivity contribution >= 4 is 39.0 Å². The first-order valence-corrected chi connectivity index (χ1v) is 7.71. The van der Waals surface area contributed by atoms with E-state index >= 15 is 0 Å². The number of hydrogen-bond donors (Lipinski definition) is 0. The second kappa shape index (κ2) is 5.46. The molecule has 0 atom stereocenters. The van der Waals surface area contributed by atoms with Gasteiger partial charge in [0.15, 0.2) is 5.16 Å². The highest BCUT2D eigenvalue weighted by Gasteiger charge is 2.08. The molecule has 0 N–H and O–H groups in total. The number of nitrogens with zero attached hydrogens (tertiary/aromatic N) is 3. The van der Waals surface area contributed by atoms with Crippen molar-refractivity contribution in [3.8, 4) is 0 Å². The van der Waals surface area contributed by atoms with Crippen molar-refractivity contribution in [3.05, 3.63) is 31.9 Å². The lowest BCUT2D eigenvalue weighted by Gasteiger charge is -2.01. The molecule has 0 aliphatic rings. The number of aryl methyl sites for hydroxylation is 3. The third-order valence-electron chi connectivity index (χ3n) is 2.06. The van der Waals surface area contributed by atoms with E-state index in [1.165, 1.54) is 0 Å². The summed E-state index contributed by atoms with van der Waals surface area (Å²) in [6.07, 6.45) is 0. The van der Waals surface area contributed by atoms with Gasteiger partial charge in [0, 0.05) is 17.1 Å². The molecule has 2 aromatic rings. The zero-order chi connectivity index (χ0) is 12.4. The van der Waals surface area contributed by atoms with Crippen molar-refractivity contribution < 1.29 is 0 Å². The molecule has 0 amide bonds. The number of thioether (sulfide) groups is 1. The van der Waals surface area contributed by atoms with E-state index in [4.69, 9.17) is 0 Å². The van der Waals surface area contributed by atoms with E-state index in [9.17, 15) is 0 Å². The third kappa shape index (κ3) is 3.50. The minimum absolute atomic E-state index is 0.799. The van der Waals surface area contributed by atoms with Gasteiger partial charge in [-0.3, -0.25) is 0 Å². The van der Waals surface area contributed by atoms with Crippen LogP contribution in [0.15, 0.2) is 15.0 Å². The highest BCUT2D eigenvalue weighted by molar-refractivity contribution is 9.11. The number of hydrogen-bond acceptors (Lipinski definition) is 5. The summed E-state index contributed by atoms with van der Waals surface area (Å²) in [5.74, 6) is 0.799. The minimum Gasteiger partial charge on any atom is -0.244 e. The predicted octanol–water partition coefficient (Wildman–Crippen LogP) is 3.91. The lowest BCUT2D eigenvalue weighted by molar-refractivity contribution is 0.901. The highest BCUT2D eigenvalue weighted by atomic mass is 79.9. The fourth-order valence-electron chi connectivity index (χ4n) is 1.43. The van der Waals surface area contributed by atoms with Crippen LogP contribution in [0.4, 0.5) is 0 Å². The van der Waals surface area contributed by atoms with Crippen molar-refractivity contribution in [2.75, 3.05) is 0 Å². The Morgan fingerprint density at radius 1 is 1.18 bits per heavy atom. The van der Waals surface area contributed by atoms with Crippen LogP contribution in [0.5, 0.6) is 0 Å². The Morgan fingerprint density at radius 2 is 1.82 bits per heavy atom. The normalized spacial score (nSPS) is 10.8. The zero-order valence-electron chi connectivity index (χ0n) is 9.82. The lowest BCUT2D eigenvalue weighted by Crippen LogP contribution is -1.93. The van der Waals surface area contributed by atoms with Crippen LogP contribution in [-0.2, 0) is 5.75 Å². The predicted molar refractivity (Wildman–Crippen MR) is 75.6 cm³/mol. The smallest absolute Gasteiger partial charge is 0.188 e. The summed E-state index contributed by atoms with van der Waals surface area (Å²) in [5.41, 5.74) is 3.09. The van der Waals surface area contributed by atoms with E-state index in [0.717, 1.165) is 36.8 Å². The van der Waals surface area contributed by atoms with Crippen LogP contribution in [0.1, 0.15) is 22.1 Å². The molecule has 2 aromatic heterocycles. The van der Waals surface area contributed by atoms with Crippen molar-refractivity contribution in [3.63, 3.8) is 0 Å². The van der Waals surface area contributed by atoms with E-state index in [2.05, 4.69) is 30.9 Å². The van der Waals surface area contributed by atoms with Crippen LogP contribution in [-0.4, -0.2) is 15.0 Å². The molecule has 0 saturated heterocycles. The van der Waals surface area contributed by atoms with Gasteiger partial charge in [0.05, 0.1) is 14.5 Å². The van der Waals surface area contributed by atoms with Gasteiger partial charge < -0.3 is 0 Å². The van der Waals surface area contributed by atoms with Gasteiger partial charge in [-0.25, -0.2) is 15.0 Å². The Balaban J connectivity index is 2.09. The molecule has 0 aliphatic carbocycles. The number of thiazole rings is 1. The van der Waals surface area contributed by atoms with Crippen molar-refractivity contribution in [1.29, 1.82) is 0 Å². The Morgan fingerprint density at radius 3 is 2.35 bits per heavy atom. The van der Waals surface area contributed by atoms with Crippen molar-refractivity contribution in [2.24, 2.45) is 0 Å². The van der Waals surface area contributed by atoms with Crippen LogP contribution in [0.2, 0.25) is 0 Å². The minimum atomic E-state index is 0.799. The largest absolute Gasteiger partial charge is 0.244 e. The van der Waals surface area contributed by atoms with Gasteiger partial charge in [0.1, 0.15) is 0 Å². The maximum Gasteiger partial charge on any atom is 0.188 e. The Hall–Kier alpha value is -0.460. The molecule has 6 heteroatoms. The van der Waals surface area contributed by atoms with E-state index in [1.54, 1.807) is 23.1 Å². The summed E-state index contributed by atoms with van der Waals surface area (Å²) in [6, 6.07) is 1.98. The Kier molecular flexibility index (Phi) is 4.17. The molecule has 0 bridgehead atoms. The summed E-state index contributed by atoms with van der Waals surface area (Å²) in [5, 5.41) is 1.90. The summed E-state index contributed by atoms with van der Waals surface area (Å²) in [4.78, 5) is 13.3. The van der Waals surface area contributed by atoms with E-state index in [1.807, 2.05) is 26.8 Å². The number of halogens is 1. The van der Waals surface area contributed by atoms with Crippen molar-refractivity contribution in [1.82, 2.24) is 15.0 Å². The number of aromatic nitrogens is 3. The summed E-state index contributed by atoms with van der Waals surface area (Å²) in [7, 11) is 0. The molecule has 0 fully saturated rings. The molecule has 0 radical (unpaired) electrons. The second-order valence-electron chi connectivity index (χ2n) is 3.68. The van der Waals surface area contributed by atoms with Gasteiger partial charge in [-0.1, -0.05) is 11.8 Å². The Bertz CT molecular complexity index is 519. The highest BCUT2D eigenvalue weighted by Crippen LogP contribution is 2.29. The molecule has 17 heavy (non-hydrogen) atoms. The quantitative estimate of drug-likeness (QED) is 0.632. The van der Waals surface area contributed by atoms with Crippen LogP contribution >= 0.6 is 39.0 Å². The molecule has 0 unspecified atom stereocenters. The van der Waals surface area contributed by atoms with Gasteiger partial charge >= 0.3 is 0 Å². The third-order valence-corrected chi connectivity index (χ3v) is 4.66. The first-order valence-electron chi connectivity index (χ1n) is 5.11. The van der Waals surface area contributed by atoms with Crippen LogP contribution in [0.3, 0.4) is 0 Å². The summed E-state index contributed by atoms with van der Waals surface area (Å²) >= 11 is 6.80. The summed E-state index contributed by atoms with van der Waals surface area (Å²) in [6.45, 7) is 5.99. The standard InChI is InChI=1S/C11H12BrN3S2/c1-6-4-7(2)14-11(13-6)16-5-9-10(12)17-8(3)15-9/h4H,5H2,1-3H3. The lowest BCUT2D eigenvalue weighted by atomic mass is 10.4. The van der Waals surface area contributed by atoms with E-state index < -0.39 is 0 Å². The van der Waals surface area contributed by atoms with Gasteiger partial charge in [-0.2, -0.15) is 0 Å². The molecule has 0 saturated carbocycles. The molecule has 90 valence electrons. The first kappa shape index (κ1) is 13.0. The topological polar surface area (TPSA) is 38.7 Å². The van der Waals surface area contributed by atoms with Gasteiger partial charge in [-0.05, 0) is 42.8 Å². The average Bonchev–Trinajstić information content (AvgIpc) is 2.53. The van der Waals surface area contributed by atoms with Crippen molar-refractivity contribution in [2.45, 2.75) is 31.7 Å². The van der Waals surface area contributed by atoms with Crippen LogP contribution in [0, 0.1) is 20.8 Å². The molecule has 2 heterocycles. The van der Waals surface area contributed by atoms with Gasteiger partial charge in [0.25, 0.3) is 0 Å². The van der Waals surface area contributed by atoms with E-state index in [0.29, 0.717) is 0 Å². The maximum atomic E-state index is 4.47. The molecule has 0 spiro atoms. The van der Waals surface area contributed by atoms with Crippen LogP contribution in [0.25, 0.3) is 0 Å². The maximum absolute atomic E-state index is 4.47. The molecule has 2 rings (SSSR count). The zero-order valence-corrected chi connectivity index (χ0v) is 13.0. The fraction of sp³-hybridized carbons (Fsp3) is 0.364.